The van der Waals surface area contributed by atoms with Gasteiger partial charge in [-0.2, -0.15) is 0 Å². The number of aromatic amines is 1. The zero-order valence-corrected chi connectivity index (χ0v) is 12.4. The Morgan fingerprint density at radius 1 is 1.33 bits per heavy atom. The minimum Gasteiger partial charge on any atom is -0.361 e. The average molecular weight is 290 g/mol. The Morgan fingerprint density at radius 2 is 2.19 bits per heavy atom. The summed E-state index contributed by atoms with van der Waals surface area (Å²) in [5.41, 5.74) is 7.74. The van der Waals surface area contributed by atoms with Crippen LogP contribution in [0.1, 0.15) is 38.2 Å². The summed E-state index contributed by atoms with van der Waals surface area (Å²) in [6, 6.07) is 5.52. The van der Waals surface area contributed by atoms with Crippen LogP contribution in [-0.4, -0.2) is 17.5 Å². The second-order valence-electron chi connectivity index (χ2n) is 5.06. The van der Waals surface area contributed by atoms with Crippen LogP contribution in [0.15, 0.2) is 24.4 Å². The summed E-state index contributed by atoms with van der Waals surface area (Å²) in [5.74, 6) is 0.184. The third-order valence-corrected chi connectivity index (χ3v) is 3.37. The Morgan fingerprint density at radius 3 is 2.95 bits per heavy atom. The molecule has 0 aliphatic rings. The van der Waals surface area contributed by atoms with Crippen LogP contribution in [0.25, 0.3) is 10.9 Å². The number of carbonyl (C=O) groups is 1. The number of nitrogens with one attached hydrogen (secondary N) is 1. The molecule has 0 saturated heterocycles. The van der Waals surface area contributed by atoms with E-state index in [4.69, 9.17) is 15.5 Å². The Bertz CT molecular complexity index is 592. The van der Waals surface area contributed by atoms with Crippen molar-refractivity contribution in [1.82, 2.24) is 4.98 Å². The molecule has 2 rings (SSSR count). The SMILES string of the molecule is CCCCCC(=O)OOc1ccc2[nH]cc(CCN)c2c1. The number of rotatable bonds is 8. The molecular formula is C16H22N2O3. The Labute approximate surface area is 124 Å². The Balaban J connectivity index is 1.95. The summed E-state index contributed by atoms with van der Waals surface area (Å²) in [4.78, 5) is 24.6. The highest BCUT2D eigenvalue weighted by atomic mass is 17.2. The van der Waals surface area contributed by atoms with Crippen molar-refractivity contribution in [2.24, 2.45) is 5.73 Å². The van der Waals surface area contributed by atoms with Gasteiger partial charge in [-0.1, -0.05) is 19.8 Å². The molecule has 0 amide bonds. The Kier molecular flexibility index (Phi) is 5.63. The van der Waals surface area contributed by atoms with E-state index in [2.05, 4.69) is 11.9 Å². The quantitative estimate of drug-likeness (QED) is 0.445. The van der Waals surface area contributed by atoms with Crippen LogP contribution in [-0.2, 0) is 16.1 Å². The minimum absolute atomic E-state index is 0.334. The highest BCUT2D eigenvalue weighted by Gasteiger charge is 2.08. The van der Waals surface area contributed by atoms with Gasteiger partial charge in [-0.05, 0) is 43.1 Å². The lowest BCUT2D eigenvalue weighted by Gasteiger charge is -2.05. The van der Waals surface area contributed by atoms with Crippen LogP contribution >= 0.6 is 0 Å². The lowest BCUT2D eigenvalue weighted by molar-refractivity contribution is -0.213. The molecule has 0 atom stereocenters. The molecule has 0 saturated carbocycles. The van der Waals surface area contributed by atoms with Gasteiger partial charge in [0.15, 0.2) is 5.75 Å². The maximum atomic E-state index is 11.5. The lowest BCUT2D eigenvalue weighted by atomic mass is 10.1. The number of nitrogens with two attached hydrogens (primary N) is 1. The van der Waals surface area contributed by atoms with E-state index in [-0.39, 0.29) is 5.97 Å². The van der Waals surface area contributed by atoms with Gasteiger partial charge in [-0.25, -0.2) is 4.79 Å². The summed E-state index contributed by atoms with van der Waals surface area (Å²) < 4.78 is 0. The third-order valence-electron chi connectivity index (χ3n) is 3.37. The summed E-state index contributed by atoms with van der Waals surface area (Å²) in [5, 5.41) is 1.04. The predicted octanol–water partition coefficient (Wildman–Crippen LogP) is 3.09. The molecule has 0 bridgehead atoms. The fraction of sp³-hybridized carbons (Fsp3) is 0.438. The molecule has 0 fully saturated rings. The minimum atomic E-state index is -0.334. The maximum absolute atomic E-state index is 11.5. The zero-order chi connectivity index (χ0) is 15.1. The molecule has 1 heterocycles. The average Bonchev–Trinajstić information content (AvgIpc) is 2.88. The topological polar surface area (TPSA) is 77.3 Å². The van der Waals surface area contributed by atoms with Crippen molar-refractivity contribution >= 4 is 16.9 Å². The summed E-state index contributed by atoms with van der Waals surface area (Å²) >= 11 is 0. The standard InChI is InChI=1S/C16H22N2O3/c1-2-3-4-5-16(19)21-20-13-6-7-15-14(10-13)12(8-9-17)11-18-15/h6-7,10-11,18H,2-5,8-9,17H2,1H3. The zero-order valence-electron chi connectivity index (χ0n) is 12.4. The lowest BCUT2D eigenvalue weighted by Crippen LogP contribution is -2.07. The third kappa shape index (κ3) is 4.23. The second kappa shape index (κ2) is 7.69. The van der Waals surface area contributed by atoms with Gasteiger partial charge >= 0.3 is 5.97 Å². The maximum Gasteiger partial charge on any atom is 0.355 e. The monoisotopic (exact) mass is 290 g/mol. The number of benzene rings is 1. The van der Waals surface area contributed by atoms with Crippen molar-refractivity contribution in [3.05, 3.63) is 30.0 Å². The van der Waals surface area contributed by atoms with Gasteiger partial charge in [0.25, 0.3) is 0 Å². The van der Waals surface area contributed by atoms with Gasteiger partial charge < -0.3 is 10.7 Å². The van der Waals surface area contributed by atoms with E-state index in [1.807, 2.05) is 18.3 Å². The highest BCUT2D eigenvalue weighted by molar-refractivity contribution is 5.84. The van der Waals surface area contributed by atoms with Gasteiger partial charge in [0, 0.05) is 17.1 Å². The van der Waals surface area contributed by atoms with Crippen LogP contribution in [0.4, 0.5) is 0 Å². The van der Waals surface area contributed by atoms with Crippen LogP contribution in [0, 0.1) is 0 Å². The molecule has 1 aromatic heterocycles. The van der Waals surface area contributed by atoms with Crippen molar-refractivity contribution < 1.29 is 14.6 Å². The van der Waals surface area contributed by atoms with Crippen molar-refractivity contribution in [2.45, 2.75) is 39.0 Å². The molecule has 0 aliphatic heterocycles. The van der Waals surface area contributed by atoms with E-state index in [9.17, 15) is 4.79 Å². The highest BCUT2D eigenvalue weighted by Crippen LogP contribution is 2.24. The van der Waals surface area contributed by atoms with Gasteiger partial charge in [0.1, 0.15) is 0 Å². The largest absolute Gasteiger partial charge is 0.361 e. The number of H-pyrrole nitrogens is 1. The second-order valence-corrected chi connectivity index (χ2v) is 5.06. The smallest absolute Gasteiger partial charge is 0.355 e. The number of aromatic nitrogens is 1. The van der Waals surface area contributed by atoms with Crippen molar-refractivity contribution in [3.63, 3.8) is 0 Å². The van der Waals surface area contributed by atoms with Crippen LogP contribution in [0.3, 0.4) is 0 Å². The normalized spacial score (nSPS) is 10.8. The predicted molar refractivity (Wildman–Crippen MR) is 81.9 cm³/mol. The van der Waals surface area contributed by atoms with Gasteiger partial charge in [0.05, 0.1) is 6.42 Å². The van der Waals surface area contributed by atoms with Gasteiger partial charge in [-0.3, -0.25) is 9.78 Å². The summed E-state index contributed by atoms with van der Waals surface area (Å²) in [6.07, 6.45) is 6.04. The molecule has 21 heavy (non-hydrogen) atoms. The number of carbonyl (C=O) groups excluding carboxylic acids is 1. The van der Waals surface area contributed by atoms with Crippen molar-refractivity contribution in [1.29, 1.82) is 0 Å². The van der Waals surface area contributed by atoms with Crippen molar-refractivity contribution in [2.75, 3.05) is 6.54 Å². The van der Waals surface area contributed by atoms with E-state index in [1.165, 1.54) is 0 Å². The van der Waals surface area contributed by atoms with E-state index in [1.54, 1.807) is 6.07 Å². The molecule has 3 N–H and O–H groups in total. The fourth-order valence-electron chi connectivity index (χ4n) is 2.23. The first-order valence-corrected chi connectivity index (χ1v) is 7.42. The molecular weight excluding hydrogens is 268 g/mol. The fourth-order valence-corrected chi connectivity index (χ4v) is 2.23. The Hall–Kier alpha value is -2.01. The van der Waals surface area contributed by atoms with E-state index >= 15 is 0 Å². The summed E-state index contributed by atoms with van der Waals surface area (Å²) in [6.45, 7) is 2.68. The van der Waals surface area contributed by atoms with E-state index < -0.39 is 0 Å². The molecule has 0 unspecified atom stereocenters. The number of unbranched alkanes of at least 4 members (excludes halogenated alkanes) is 2. The number of fused-ring (bicyclic) bond motifs is 1. The van der Waals surface area contributed by atoms with Crippen LogP contribution in [0.5, 0.6) is 5.75 Å². The first-order chi connectivity index (χ1) is 10.2. The molecule has 1 aromatic carbocycles. The van der Waals surface area contributed by atoms with Gasteiger partial charge in [0.2, 0.25) is 0 Å². The molecule has 0 radical (unpaired) electrons. The van der Waals surface area contributed by atoms with Gasteiger partial charge in [-0.15, -0.1) is 0 Å². The summed E-state index contributed by atoms with van der Waals surface area (Å²) in [7, 11) is 0. The molecule has 0 spiro atoms. The molecule has 114 valence electrons. The number of hydrogen-bond acceptors (Lipinski definition) is 4. The first kappa shape index (κ1) is 15.4. The molecule has 0 aliphatic carbocycles. The van der Waals surface area contributed by atoms with Crippen molar-refractivity contribution in [3.8, 4) is 5.75 Å². The molecule has 5 nitrogen and oxygen atoms in total. The van der Waals surface area contributed by atoms with Crippen LogP contribution < -0.4 is 10.6 Å². The van der Waals surface area contributed by atoms with Crippen LogP contribution in [0.2, 0.25) is 0 Å². The number of hydrogen-bond donors (Lipinski definition) is 2. The molecule has 5 heteroatoms. The van der Waals surface area contributed by atoms with E-state index in [0.29, 0.717) is 18.7 Å². The van der Waals surface area contributed by atoms with E-state index in [0.717, 1.165) is 42.1 Å². The molecule has 2 aromatic rings. The first-order valence-electron chi connectivity index (χ1n) is 7.42.